The molecule has 0 aromatic heterocycles. The van der Waals surface area contributed by atoms with Gasteiger partial charge in [0, 0.05) is 0 Å². The van der Waals surface area contributed by atoms with E-state index in [9.17, 15) is 27.9 Å². The second-order valence-electron chi connectivity index (χ2n) is 9.18. The Morgan fingerprint density at radius 1 is 1.03 bits per heavy atom. The van der Waals surface area contributed by atoms with Gasteiger partial charge in [-0.05, 0) is 58.7 Å². The standard InChI is InChI=1S/C27H25ClF3NO3/c1-15(27(29,30)31)25(20-9-6-16-4-2-3-5-18(16)12-20)26(35)32-23-13-19(10-11-22(23)28)21(14-24(33)34)17-7-8-17/h2-6,9-13,15,17,21,25H,7-8,14H2,1H3,(H,32,35)(H,33,34)/t15-,21+,25-/m1/s1. The molecule has 184 valence electrons. The van der Waals surface area contributed by atoms with Gasteiger partial charge in [0.1, 0.15) is 0 Å². The van der Waals surface area contributed by atoms with Gasteiger partial charge in [-0.1, -0.05) is 67.1 Å². The lowest BCUT2D eigenvalue weighted by Crippen LogP contribution is -2.34. The van der Waals surface area contributed by atoms with Gasteiger partial charge in [-0.2, -0.15) is 13.2 Å². The molecular weight excluding hydrogens is 479 g/mol. The Kier molecular flexibility index (Phi) is 7.08. The molecule has 0 radical (unpaired) electrons. The molecule has 0 aliphatic heterocycles. The van der Waals surface area contributed by atoms with Crippen molar-refractivity contribution in [1.82, 2.24) is 0 Å². The Labute approximate surface area is 206 Å². The number of alkyl halides is 3. The van der Waals surface area contributed by atoms with Crippen LogP contribution in [0.2, 0.25) is 5.02 Å². The van der Waals surface area contributed by atoms with Crippen molar-refractivity contribution in [2.75, 3.05) is 5.32 Å². The van der Waals surface area contributed by atoms with Gasteiger partial charge in [-0.25, -0.2) is 0 Å². The lowest BCUT2D eigenvalue weighted by molar-refractivity contribution is -0.178. The highest BCUT2D eigenvalue weighted by molar-refractivity contribution is 6.33. The number of halogens is 4. The van der Waals surface area contributed by atoms with Crippen molar-refractivity contribution in [3.63, 3.8) is 0 Å². The van der Waals surface area contributed by atoms with Gasteiger partial charge < -0.3 is 10.4 Å². The molecule has 0 bridgehead atoms. The zero-order valence-electron chi connectivity index (χ0n) is 19.0. The second kappa shape index (κ2) is 9.90. The molecule has 8 heteroatoms. The van der Waals surface area contributed by atoms with Crippen molar-refractivity contribution in [3.05, 3.63) is 76.8 Å². The van der Waals surface area contributed by atoms with Gasteiger partial charge in [0.05, 0.1) is 29.0 Å². The predicted octanol–water partition coefficient (Wildman–Crippen LogP) is 7.38. The molecule has 4 rings (SSSR count). The largest absolute Gasteiger partial charge is 0.481 e. The van der Waals surface area contributed by atoms with E-state index in [0.29, 0.717) is 5.56 Å². The normalized spacial score (nSPS) is 16.5. The third kappa shape index (κ3) is 5.78. The minimum absolute atomic E-state index is 0.0650. The number of hydrogen-bond donors (Lipinski definition) is 2. The SMILES string of the molecule is C[C@H]([C@@H](C(=O)Nc1cc([C@@H](CC(=O)O)C2CC2)ccc1Cl)c1ccc2ccccc2c1)C(F)(F)F. The van der Waals surface area contributed by atoms with Crippen LogP contribution in [0.15, 0.2) is 60.7 Å². The minimum Gasteiger partial charge on any atom is -0.481 e. The van der Waals surface area contributed by atoms with E-state index in [2.05, 4.69) is 5.32 Å². The van der Waals surface area contributed by atoms with Crippen molar-refractivity contribution in [2.24, 2.45) is 11.8 Å². The summed E-state index contributed by atoms with van der Waals surface area (Å²) in [7, 11) is 0. The fourth-order valence-corrected chi connectivity index (χ4v) is 4.75. The van der Waals surface area contributed by atoms with Crippen LogP contribution in [0.3, 0.4) is 0 Å². The summed E-state index contributed by atoms with van der Waals surface area (Å²) in [6.45, 7) is 0.994. The fourth-order valence-electron chi connectivity index (χ4n) is 4.58. The zero-order valence-corrected chi connectivity index (χ0v) is 19.7. The first kappa shape index (κ1) is 25.0. The summed E-state index contributed by atoms with van der Waals surface area (Å²) in [5.41, 5.74) is 1.12. The highest BCUT2D eigenvalue weighted by Crippen LogP contribution is 2.46. The van der Waals surface area contributed by atoms with E-state index < -0.39 is 29.9 Å². The van der Waals surface area contributed by atoms with Crippen molar-refractivity contribution in [1.29, 1.82) is 0 Å². The van der Waals surface area contributed by atoms with Crippen LogP contribution in [-0.2, 0) is 9.59 Å². The lowest BCUT2D eigenvalue weighted by atomic mass is 9.84. The van der Waals surface area contributed by atoms with Crippen LogP contribution in [0.5, 0.6) is 0 Å². The number of nitrogens with one attached hydrogen (secondary N) is 1. The molecule has 1 aliphatic carbocycles. The van der Waals surface area contributed by atoms with Gasteiger partial charge in [0.2, 0.25) is 5.91 Å². The van der Waals surface area contributed by atoms with Crippen LogP contribution in [0.25, 0.3) is 10.8 Å². The van der Waals surface area contributed by atoms with Crippen LogP contribution in [0, 0.1) is 11.8 Å². The predicted molar refractivity (Wildman–Crippen MR) is 130 cm³/mol. The monoisotopic (exact) mass is 503 g/mol. The van der Waals surface area contributed by atoms with Gasteiger partial charge >= 0.3 is 12.1 Å². The number of rotatable bonds is 8. The number of anilines is 1. The molecule has 1 saturated carbocycles. The topological polar surface area (TPSA) is 66.4 Å². The number of carboxylic acid groups (broad SMARTS) is 1. The summed E-state index contributed by atoms with van der Waals surface area (Å²) in [4.78, 5) is 24.7. The number of carbonyl (C=O) groups is 2. The molecule has 3 atom stereocenters. The molecule has 0 heterocycles. The summed E-state index contributed by atoms with van der Waals surface area (Å²) < 4.78 is 41.4. The van der Waals surface area contributed by atoms with Crippen molar-refractivity contribution in [2.45, 2.75) is 44.2 Å². The van der Waals surface area contributed by atoms with Gasteiger partial charge in [0.25, 0.3) is 0 Å². The van der Waals surface area contributed by atoms with Crippen molar-refractivity contribution >= 4 is 39.9 Å². The van der Waals surface area contributed by atoms with Crippen LogP contribution >= 0.6 is 11.6 Å². The van der Waals surface area contributed by atoms with Crippen molar-refractivity contribution < 1.29 is 27.9 Å². The molecule has 3 aromatic carbocycles. The Bertz CT molecular complexity index is 1260. The number of carboxylic acids is 1. The molecule has 3 aromatic rings. The molecule has 1 aliphatic rings. The maximum atomic E-state index is 13.8. The average Bonchev–Trinajstić information content (AvgIpc) is 3.64. The van der Waals surface area contributed by atoms with E-state index in [0.717, 1.165) is 30.5 Å². The Morgan fingerprint density at radius 2 is 1.69 bits per heavy atom. The molecule has 2 N–H and O–H groups in total. The first-order valence-corrected chi connectivity index (χ1v) is 11.8. The maximum Gasteiger partial charge on any atom is 0.392 e. The first-order valence-electron chi connectivity index (χ1n) is 11.4. The number of fused-ring (bicyclic) bond motifs is 1. The van der Waals surface area contributed by atoms with E-state index in [1.807, 2.05) is 12.1 Å². The zero-order chi connectivity index (χ0) is 25.3. The van der Waals surface area contributed by atoms with E-state index in [1.54, 1.807) is 48.5 Å². The van der Waals surface area contributed by atoms with E-state index in [1.165, 1.54) is 0 Å². The minimum atomic E-state index is -4.60. The molecule has 0 saturated heterocycles. The molecule has 1 amide bonds. The number of aliphatic carboxylic acids is 1. The highest BCUT2D eigenvalue weighted by Gasteiger charge is 2.45. The maximum absolute atomic E-state index is 13.8. The Balaban J connectivity index is 1.68. The summed E-state index contributed by atoms with van der Waals surface area (Å²) in [5, 5.41) is 13.7. The summed E-state index contributed by atoms with van der Waals surface area (Å²) in [6.07, 6.45) is -2.84. The summed E-state index contributed by atoms with van der Waals surface area (Å²) in [6, 6.07) is 16.9. The average molecular weight is 504 g/mol. The molecule has 0 unspecified atom stereocenters. The van der Waals surface area contributed by atoms with E-state index >= 15 is 0 Å². The molecule has 4 nitrogen and oxygen atoms in total. The molecule has 1 fully saturated rings. The number of amides is 1. The second-order valence-corrected chi connectivity index (χ2v) is 9.59. The molecule has 0 spiro atoms. The van der Waals surface area contributed by atoms with Gasteiger partial charge in [-0.3, -0.25) is 9.59 Å². The number of carbonyl (C=O) groups excluding carboxylic acids is 1. The number of benzene rings is 3. The Morgan fingerprint density at radius 3 is 2.31 bits per heavy atom. The third-order valence-corrected chi connectivity index (χ3v) is 7.02. The third-order valence-electron chi connectivity index (χ3n) is 6.69. The highest BCUT2D eigenvalue weighted by atomic mass is 35.5. The quantitative estimate of drug-likeness (QED) is 0.337. The fraction of sp³-hybridized carbons (Fsp3) is 0.333. The Hall–Kier alpha value is -3.06. The van der Waals surface area contributed by atoms with E-state index in [-0.39, 0.29) is 34.5 Å². The van der Waals surface area contributed by atoms with Crippen LogP contribution in [-0.4, -0.2) is 23.2 Å². The molecule has 35 heavy (non-hydrogen) atoms. The summed E-state index contributed by atoms with van der Waals surface area (Å²) >= 11 is 6.29. The van der Waals surface area contributed by atoms with E-state index in [4.69, 9.17) is 11.6 Å². The van der Waals surface area contributed by atoms with Gasteiger partial charge in [0.15, 0.2) is 0 Å². The van der Waals surface area contributed by atoms with Gasteiger partial charge in [-0.15, -0.1) is 0 Å². The first-order chi connectivity index (χ1) is 16.5. The number of hydrogen-bond acceptors (Lipinski definition) is 2. The van der Waals surface area contributed by atoms with Crippen LogP contribution in [0.1, 0.15) is 49.1 Å². The smallest absolute Gasteiger partial charge is 0.392 e. The lowest BCUT2D eigenvalue weighted by Gasteiger charge is -2.26. The van der Waals surface area contributed by atoms with Crippen molar-refractivity contribution in [3.8, 4) is 0 Å². The molecular formula is C27H25ClF3NO3. The van der Waals surface area contributed by atoms with Crippen LogP contribution in [0.4, 0.5) is 18.9 Å². The summed E-state index contributed by atoms with van der Waals surface area (Å²) in [5.74, 6) is -5.23. The van der Waals surface area contributed by atoms with Crippen LogP contribution < -0.4 is 5.32 Å².